The number of thioether (sulfide) groups is 1. The largest absolute Gasteiger partial charge is 0.352 e. The highest BCUT2D eigenvalue weighted by Gasteiger charge is 2.29. The summed E-state index contributed by atoms with van der Waals surface area (Å²) in [5.41, 5.74) is 0. The van der Waals surface area contributed by atoms with Crippen LogP contribution in [0, 0.1) is 5.92 Å². The van der Waals surface area contributed by atoms with Gasteiger partial charge >= 0.3 is 0 Å². The Morgan fingerprint density at radius 1 is 1.50 bits per heavy atom. The minimum absolute atomic E-state index is 0.0489. The fraction of sp³-hybridized carbons (Fsp3) is 0.900. The van der Waals surface area contributed by atoms with Crippen molar-refractivity contribution in [2.24, 2.45) is 5.92 Å². The highest BCUT2D eigenvalue weighted by atomic mass is 32.2. The van der Waals surface area contributed by atoms with Crippen molar-refractivity contribution in [2.75, 3.05) is 11.6 Å². The topological polar surface area (TPSA) is 41.1 Å². The first-order valence-corrected chi connectivity index (χ1v) is 6.54. The second-order valence-electron chi connectivity index (χ2n) is 4.30. The Kier molecular flexibility index (Phi) is 3.34. The number of carbonyl (C=O) groups excluding carboxylic acids is 1. The summed E-state index contributed by atoms with van der Waals surface area (Å²) in [7, 11) is 0. The van der Waals surface area contributed by atoms with Crippen LogP contribution in [-0.4, -0.2) is 29.6 Å². The number of amides is 1. The average molecular weight is 214 g/mol. The van der Waals surface area contributed by atoms with Crippen molar-refractivity contribution in [3.05, 3.63) is 0 Å². The molecule has 1 saturated heterocycles. The van der Waals surface area contributed by atoms with Crippen LogP contribution in [0.2, 0.25) is 0 Å². The minimum atomic E-state index is 0.0489. The quantitative estimate of drug-likeness (QED) is 0.719. The maximum atomic E-state index is 11.8. The van der Waals surface area contributed by atoms with Gasteiger partial charge in [-0.25, -0.2) is 0 Å². The molecule has 0 radical (unpaired) electrons. The van der Waals surface area contributed by atoms with Gasteiger partial charge in [-0.3, -0.25) is 10.1 Å². The fourth-order valence-electron chi connectivity index (χ4n) is 2.21. The summed E-state index contributed by atoms with van der Waals surface area (Å²) in [4.78, 5) is 11.8. The summed E-state index contributed by atoms with van der Waals surface area (Å²) in [6.45, 7) is 2.23. The summed E-state index contributed by atoms with van der Waals surface area (Å²) in [6, 6.07) is 0.475. The number of hydrogen-bond donors (Lipinski definition) is 2. The van der Waals surface area contributed by atoms with Crippen molar-refractivity contribution in [3.8, 4) is 0 Å². The fourth-order valence-corrected chi connectivity index (χ4v) is 3.15. The van der Waals surface area contributed by atoms with Crippen LogP contribution >= 0.6 is 11.8 Å². The molecule has 3 atom stereocenters. The lowest BCUT2D eigenvalue weighted by Crippen LogP contribution is -2.47. The van der Waals surface area contributed by atoms with Gasteiger partial charge in [0.25, 0.3) is 0 Å². The molecule has 1 saturated carbocycles. The van der Waals surface area contributed by atoms with Crippen molar-refractivity contribution in [1.82, 2.24) is 10.6 Å². The molecule has 1 aliphatic carbocycles. The highest BCUT2D eigenvalue weighted by Crippen LogP contribution is 2.25. The van der Waals surface area contributed by atoms with E-state index in [9.17, 15) is 4.79 Å². The van der Waals surface area contributed by atoms with Crippen LogP contribution < -0.4 is 10.6 Å². The molecule has 3 unspecified atom stereocenters. The van der Waals surface area contributed by atoms with E-state index in [1.165, 1.54) is 12.8 Å². The van der Waals surface area contributed by atoms with E-state index < -0.39 is 0 Å². The molecule has 2 fully saturated rings. The van der Waals surface area contributed by atoms with Gasteiger partial charge in [-0.15, -0.1) is 11.8 Å². The Morgan fingerprint density at radius 3 is 2.93 bits per heavy atom. The monoisotopic (exact) mass is 214 g/mol. The van der Waals surface area contributed by atoms with Gasteiger partial charge in [0.05, 0.1) is 6.04 Å². The van der Waals surface area contributed by atoms with Gasteiger partial charge in [0.15, 0.2) is 0 Å². The smallest absolute Gasteiger partial charge is 0.238 e. The second-order valence-corrected chi connectivity index (χ2v) is 5.33. The normalized spacial score (nSPS) is 37.4. The first-order chi connectivity index (χ1) is 6.77. The number of rotatable bonds is 2. The summed E-state index contributed by atoms with van der Waals surface area (Å²) in [5.74, 6) is 2.70. The lowest BCUT2D eigenvalue weighted by atomic mass is 10.1. The van der Waals surface area contributed by atoms with Crippen molar-refractivity contribution in [2.45, 2.75) is 38.3 Å². The molecule has 0 spiro atoms. The SMILES string of the molecule is CC1CCCC1NC(=O)C1CSCN1. The van der Waals surface area contributed by atoms with E-state index in [-0.39, 0.29) is 11.9 Å². The van der Waals surface area contributed by atoms with Gasteiger partial charge in [0.2, 0.25) is 5.91 Å². The van der Waals surface area contributed by atoms with E-state index in [0.29, 0.717) is 12.0 Å². The first-order valence-electron chi connectivity index (χ1n) is 5.39. The zero-order valence-corrected chi connectivity index (χ0v) is 9.40. The molecule has 1 heterocycles. The van der Waals surface area contributed by atoms with E-state index in [4.69, 9.17) is 0 Å². The van der Waals surface area contributed by atoms with Crippen LogP contribution in [0.1, 0.15) is 26.2 Å². The van der Waals surface area contributed by atoms with E-state index in [0.717, 1.165) is 18.1 Å². The van der Waals surface area contributed by atoms with Crippen molar-refractivity contribution < 1.29 is 4.79 Å². The molecule has 2 aliphatic rings. The lowest BCUT2D eigenvalue weighted by Gasteiger charge is -2.19. The minimum Gasteiger partial charge on any atom is -0.352 e. The molecule has 0 aromatic carbocycles. The summed E-state index contributed by atoms with van der Waals surface area (Å²) in [5, 5.41) is 6.35. The van der Waals surface area contributed by atoms with E-state index in [1.807, 2.05) is 0 Å². The van der Waals surface area contributed by atoms with Gasteiger partial charge in [-0.2, -0.15) is 0 Å². The Hall–Kier alpha value is -0.220. The summed E-state index contributed by atoms with van der Waals surface area (Å²) >= 11 is 1.80. The lowest BCUT2D eigenvalue weighted by molar-refractivity contribution is -0.123. The van der Waals surface area contributed by atoms with E-state index in [2.05, 4.69) is 17.6 Å². The summed E-state index contributed by atoms with van der Waals surface area (Å²) in [6.07, 6.45) is 3.68. The Balaban J connectivity index is 1.81. The molecule has 80 valence electrons. The third-order valence-electron chi connectivity index (χ3n) is 3.22. The predicted octanol–water partition coefficient (Wildman–Crippen LogP) is 0.954. The molecular formula is C10H18N2OS. The van der Waals surface area contributed by atoms with Gasteiger partial charge in [-0.05, 0) is 18.8 Å². The molecule has 0 aromatic rings. The molecule has 1 amide bonds. The second kappa shape index (κ2) is 4.53. The van der Waals surface area contributed by atoms with Crippen LogP contribution in [0.4, 0.5) is 0 Å². The molecule has 4 heteroatoms. The number of nitrogens with one attached hydrogen (secondary N) is 2. The molecular weight excluding hydrogens is 196 g/mol. The molecule has 3 nitrogen and oxygen atoms in total. The van der Waals surface area contributed by atoms with Crippen molar-refractivity contribution in [3.63, 3.8) is 0 Å². The summed E-state index contributed by atoms with van der Waals surface area (Å²) < 4.78 is 0. The third kappa shape index (κ3) is 2.23. The molecule has 2 rings (SSSR count). The molecule has 0 aromatic heterocycles. The molecule has 0 bridgehead atoms. The molecule has 2 N–H and O–H groups in total. The third-order valence-corrected chi connectivity index (χ3v) is 4.16. The van der Waals surface area contributed by atoms with E-state index >= 15 is 0 Å². The zero-order chi connectivity index (χ0) is 9.97. The van der Waals surface area contributed by atoms with Crippen LogP contribution in [-0.2, 0) is 4.79 Å². The first kappa shape index (κ1) is 10.3. The van der Waals surface area contributed by atoms with Gasteiger partial charge in [0, 0.05) is 17.7 Å². The number of hydrogen-bond acceptors (Lipinski definition) is 3. The van der Waals surface area contributed by atoms with Gasteiger partial charge in [0.1, 0.15) is 0 Å². The van der Waals surface area contributed by atoms with Crippen LogP contribution in [0.3, 0.4) is 0 Å². The Labute approximate surface area is 89.4 Å². The van der Waals surface area contributed by atoms with Crippen molar-refractivity contribution >= 4 is 17.7 Å². The predicted molar refractivity (Wildman–Crippen MR) is 59.2 cm³/mol. The average Bonchev–Trinajstić information content (AvgIpc) is 2.77. The number of carbonyl (C=O) groups is 1. The highest BCUT2D eigenvalue weighted by molar-refractivity contribution is 7.99. The molecule has 1 aliphatic heterocycles. The van der Waals surface area contributed by atoms with Gasteiger partial charge < -0.3 is 5.32 Å². The van der Waals surface area contributed by atoms with Gasteiger partial charge in [-0.1, -0.05) is 13.3 Å². The van der Waals surface area contributed by atoms with Crippen LogP contribution in [0.25, 0.3) is 0 Å². The standard InChI is InChI=1S/C10H18N2OS/c1-7-3-2-4-8(7)12-10(13)9-5-14-6-11-9/h7-9,11H,2-6H2,1H3,(H,12,13). The maximum Gasteiger partial charge on any atom is 0.238 e. The van der Waals surface area contributed by atoms with Crippen LogP contribution in [0.15, 0.2) is 0 Å². The maximum absolute atomic E-state index is 11.8. The molecule has 14 heavy (non-hydrogen) atoms. The van der Waals surface area contributed by atoms with Crippen molar-refractivity contribution in [1.29, 1.82) is 0 Å². The van der Waals surface area contributed by atoms with Crippen LogP contribution in [0.5, 0.6) is 0 Å². The Bertz CT molecular complexity index is 216. The zero-order valence-electron chi connectivity index (χ0n) is 8.58. The Morgan fingerprint density at radius 2 is 2.36 bits per heavy atom. The van der Waals surface area contributed by atoms with E-state index in [1.54, 1.807) is 11.8 Å².